The van der Waals surface area contributed by atoms with Crippen LogP contribution in [0, 0.1) is 25.1 Å². The number of halogens is 2. The maximum absolute atomic E-state index is 13.0. The van der Waals surface area contributed by atoms with Crippen LogP contribution in [0.25, 0.3) is 10.2 Å². The molecule has 1 aromatic heterocycles. The Balaban J connectivity index is 2.20. The summed E-state index contributed by atoms with van der Waals surface area (Å²) in [6, 6.07) is 8.95. The van der Waals surface area contributed by atoms with Gasteiger partial charge in [0.15, 0.2) is 4.80 Å². The second kappa shape index (κ2) is 6.60. The minimum absolute atomic E-state index is 0.275. The van der Waals surface area contributed by atoms with E-state index in [9.17, 15) is 9.18 Å². The van der Waals surface area contributed by atoms with Crippen molar-refractivity contribution >= 4 is 39.1 Å². The summed E-state index contributed by atoms with van der Waals surface area (Å²) in [7, 11) is 0. The van der Waals surface area contributed by atoms with E-state index < -0.39 is 11.7 Å². The number of fused-ring (bicyclic) bond motifs is 1. The molecule has 1 amide bonds. The number of hydrogen-bond acceptors (Lipinski definition) is 2. The van der Waals surface area contributed by atoms with E-state index in [1.165, 1.54) is 35.6 Å². The summed E-state index contributed by atoms with van der Waals surface area (Å²) < 4.78 is 15.7. The molecule has 0 bridgehead atoms. The van der Waals surface area contributed by atoms with Crippen molar-refractivity contribution < 1.29 is 9.18 Å². The smallest absolute Gasteiger partial charge is 0.279 e. The molecule has 1 heterocycles. The van der Waals surface area contributed by atoms with E-state index in [0.717, 1.165) is 15.8 Å². The van der Waals surface area contributed by atoms with Gasteiger partial charge >= 0.3 is 0 Å². The van der Waals surface area contributed by atoms with Crippen molar-refractivity contribution in [3.8, 4) is 12.3 Å². The number of aromatic nitrogens is 1. The first kappa shape index (κ1) is 16.4. The molecule has 120 valence electrons. The Labute approximate surface area is 147 Å². The van der Waals surface area contributed by atoms with Crippen LogP contribution in [0.15, 0.2) is 41.4 Å². The summed E-state index contributed by atoms with van der Waals surface area (Å²) in [6.07, 6.45) is 5.46. The van der Waals surface area contributed by atoms with Crippen LogP contribution in [0.3, 0.4) is 0 Å². The highest BCUT2D eigenvalue weighted by Gasteiger charge is 2.12. The van der Waals surface area contributed by atoms with Gasteiger partial charge in [-0.1, -0.05) is 28.9 Å². The van der Waals surface area contributed by atoms with Crippen LogP contribution in [-0.2, 0) is 6.54 Å². The predicted octanol–water partition coefficient (Wildman–Crippen LogP) is 4.18. The van der Waals surface area contributed by atoms with Crippen LogP contribution in [0.4, 0.5) is 4.39 Å². The monoisotopic (exact) mass is 358 g/mol. The molecular formula is C18H12ClFN2OS. The molecule has 6 heteroatoms. The van der Waals surface area contributed by atoms with E-state index in [1.807, 2.05) is 19.1 Å². The van der Waals surface area contributed by atoms with Gasteiger partial charge in [-0.25, -0.2) is 4.39 Å². The zero-order valence-corrected chi connectivity index (χ0v) is 14.3. The molecule has 0 aliphatic heterocycles. The fourth-order valence-electron chi connectivity index (χ4n) is 2.38. The maximum atomic E-state index is 13.0. The first-order valence-electron chi connectivity index (χ1n) is 7.08. The summed E-state index contributed by atoms with van der Waals surface area (Å²) >= 11 is 7.55. The normalized spacial score (nSPS) is 11.7. The summed E-state index contributed by atoms with van der Waals surface area (Å²) in [5.41, 5.74) is 2.07. The van der Waals surface area contributed by atoms with Gasteiger partial charge in [0.25, 0.3) is 5.91 Å². The Morgan fingerprint density at radius 3 is 2.71 bits per heavy atom. The van der Waals surface area contributed by atoms with Crippen molar-refractivity contribution in [3.63, 3.8) is 0 Å². The number of benzene rings is 2. The lowest BCUT2D eigenvalue weighted by Crippen LogP contribution is -2.17. The van der Waals surface area contributed by atoms with Gasteiger partial charge < -0.3 is 4.57 Å². The molecule has 0 saturated carbocycles. The molecule has 0 radical (unpaired) electrons. The Morgan fingerprint density at radius 1 is 1.33 bits per heavy atom. The van der Waals surface area contributed by atoms with Gasteiger partial charge in [-0.2, -0.15) is 4.99 Å². The van der Waals surface area contributed by atoms with E-state index in [1.54, 1.807) is 4.57 Å². The molecule has 2 aromatic carbocycles. The minimum Gasteiger partial charge on any atom is -0.304 e. The second-order valence-electron chi connectivity index (χ2n) is 5.12. The van der Waals surface area contributed by atoms with Gasteiger partial charge in [-0.3, -0.25) is 4.79 Å². The molecule has 3 nitrogen and oxygen atoms in total. The minimum atomic E-state index is -0.448. The number of hydrogen-bond donors (Lipinski definition) is 0. The number of aryl methyl sites for hydroxylation is 1. The van der Waals surface area contributed by atoms with Crippen molar-refractivity contribution in [2.45, 2.75) is 13.5 Å². The molecular weight excluding hydrogens is 347 g/mol. The highest BCUT2D eigenvalue weighted by molar-refractivity contribution is 7.16. The fourth-order valence-corrected chi connectivity index (χ4v) is 3.62. The van der Waals surface area contributed by atoms with E-state index in [0.29, 0.717) is 15.4 Å². The maximum Gasteiger partial charge on any atom is 0.279 e. The molecule has 0 unspecified atom stereocenters. The first-order valence-corrected chi connectivity index (χ1v) is 8.27. The highest BCUT2D eigenvalue weighted by atomic mass is 35.5. The van der Waals surface area contributed by atoms with Crippen LogP contribution in [0.1, 0.15) is 15.9 Å². The quantitative estimate of drug-likeness (QED) is 0.633. The van der Waals surface area contributed by atoms with Gasteiger partial charge in [0, 0.05) is 10.6 Å². The molecule has 24 heavy (non-hydrogen) atoms. The average Bonchev–Trinajstić information content (AvgIpc) is 2.90. The lowest BCUT2D eigenvalue weighted by molar-refractivity contribution is 0.0998. The van der Waals surface area contributed by atoms with Crippen molar-refractivity contribution in [1.82, 2.24) is 4.57 Å². The Bertz CT molecular complexity index is 1040. The van der Waals surface area contributed by atoms with Gasteiger partial charge in [0.2, 0.25) is 0 Å². The topological polar surface area (TPSA) is 34.4 Å². The van der Waals surface area contributed by atoms with Crippen LogP contribution < -0.4 is 4.80 Å². The lowest BCUT2D eigenvalue weighted by Gasteiger charge is -2.04. The van der Waals surface area contributed by atoms with Crippen molar-refractivity contribution in [1.29, 1.82) is 0 Å². The van der Waals surface area contributed by atoms with E-state index in [-0.39, 0.29) is 6.54 Å². The molecule has 0 saturated heterocycles. The third-order valence-electron chi connectivity index (χ3n) is 3.57. The van der Waals surface area contributed by atoms with E-state index >= 15 is 0 Å². The van der Waals surface area contributed by atoms with Crippen LogP contribution >= 0.6 is 22.9 Å². The van der Waals surface area contributed by atoms with Crippen LogP contribution in [0.2, 0.25) is 5.02 Å². The largest absolute Gasteiger partial charge is 0.304 e. The van der Waals surface area contributed by atoms with Crippen LogP contribution in [0.5, 0.6) is 0 Å². The zero-order valence-electron chi connectivity index (χ0n) is 12.7. The Kier molecular flexibility index (Phi) is 4.52. The predicted molar refractivity (Wildman–Crippen MR) is 94.7 cm³/mol. The number of amides is 1. The van der Waals surface area contributed by atoms with Gasteiger partial charge in [-0.05, 0) is 48.9 Å². The number of rotatable bonds is 2. The van der Waals surface area contributed by atoms with Gasteiger partial charge in [0.05, 0.1) is 16.8 Å². The number of carbonyl (C=O) groups is 1. The van der Waals surface area contributed by atoms with Crippen molar-refractivity contribution in [3.05, 3.63) is 63.2 Å². The fraction of sp³-hybridized carbons (Fsp3) is 0.111. The molecule has 0 aliphatic rings. The SMILES string of the molecule is C#CCn1c(=NC(=O)c2ccc(F)cc2)sc2ccc(Cl)c(C)c21. The third kappa shape index (κ3) is 2.99. The molecule has 3 aromatic rings. The molecule has 3 rings (SSSR count). The molecule has 0 atom stereocenters. The standard InChI is InChI=1S/C18H12ClFN2OS/c1-3-10-22-16-11(2)14(19)8-9-15(16)24-18(22)21-17(23)12-4-6-13(20)7-5-12/h1,4-9H,10H2,2H3. The number of nitrogens with zero attached hydrogens (tertiary/aromatic N) is 2. The van der Waals surface area contributed by atoms with Gasteiger partial charge in [-0.15, -0.1) is 6.42 Å². The molecule has 0 N–H and O–H groups in total. The van der Waals surface area contributed by atoms with E-state index in [4.69, 9.17) is 18.0 Å². The van der Waals surface area contributed by atoms with Crippen LogP contribution in [-0.4, -0.2) is 10.5 Å². The number of thiazole rings is 1. The summed E-state index contributed by atoms with van der Waals surface area (Å²) in [6.45, 7) is 2.17. The highest BCUT2D eigenvalue weighted by Crippen LogP contribution is 2.27. The molecule has 0 fully saturated rings. The second-order valence-corrected chi connectivity index (χ2v) is 6.53. The van der Waals surface area contributed by atoms with Crippen molar-refractivity contribution in [2.24, 2.45) is 4.99 Å². The average molecular weight is 359 g/mol. The molecule has 0 spiro atoms. The van der Waals surface area contributed by atoms with Gasteiger partial charge in [0.1, 0.15) is 5.82 Å². The number of carbonyl (C=O) groups excluding carboxylic acids is 1. The first-order chi connectivity index (χ1) is 11.5. The molecule has 0 aliphatic carbocycles. The van der Waals surface area contributed by atoms with E-state index in [2.05, 4.69) is 10.9 Å². The van der Waals surface area contributed by atoms with Crippen molar-refractivity contribution in [2.75, 3.05) is 0 Å². The summed E-state index contributed by atoms with van der Waals surface area (Å²) in [5, 5.41) is 0.627. The summed E-state index contributed by atoms with van der Waals surface area (Å²) in [5.74, 6) is 1.73. The Hall–Kier alpha value is -2.42. The third-order valence-corrected chi connectivity index (χ3v) is 5.02. The summed E-state index contributed by atoms with van der Waals surface area (Å²) in [4.78, 5) is 17.0. The Morgan fingerprint density at radius 2 is 2.04 bits per heavy atom. The lowest BCUT2D eigenvalue weighted by atomic mass is 10.2. The number of terminal acetylenes is 1. The zero-order chi connectivity index (χ0) is 17.3.